The number of hydrogen-bond donors (Lipinski definition) is 1. The average Bonchev–Trinajstić information content (AvgIpc) is 2.69. The molecule has 138 valence electrons. The summed E-state index contributed by atoms with van der Waals surface area (Å²) in [6, 6.07) is 13.6. The van der Waals surface area contributed by atoms with E-state index in [-0.39, 0.29) is 5.56 Å². The number of carbonyl (C=O) groups is 1. The van der Waals surface area contributed by atoms with E-state index in [1.165, 1.54) is 26.5 Å². The normalized spacial score (nSPS) is 14.3. The van der Waals surface area contributed by atoms with Crippen molar-refractivity contribution in [3.05, 3.63) is 81.3 Å². The van der Waals surface area contributed by atoms with Crippen LogP contribution in [0.1, 0.15) is 27.0 Å². The van der Waals surface area contributed by atoms with Crippen LogP contribution in [0.2, 0.25) is 0 Å². The summed E-state index contributed by atoms with van der Waals surface area (Å²) in [6.07, 6.45) is 4.68. The van der Waals surface area contributed by atoms with Crippen LogP contribution in [0, 0.1) is 0 Å². The van der Waals surface area contributed by atoms with Crippen molar-refractivity contribution >= 4 is 23.2 Å². The van der Waals surface area contributed by atoms with E-state index in [1.54, 1.807) is 24.0 Å². The maximum Gasteiger partial charge on any atom is 0.341 e. The molecule has 1 aliphatic heterocycles. The first-order chi connectivity index (χ1) is 13.1. The number of fused-ring (bicyclic) bond motifs is 2. The van der Waals surface area contributed by atoms with Crippen molar-refractivity contribution in [1.29, 1.82) is 0 Å². The second-order valence-corrected chi connectivity index (χ2v) is 7.62. The van der Waals surface area contributed by atoms with Gasteiger partial charge in [-0.2, -0.15) is 0 Å². The number of carboxylic acids is 1. The largest absolute Gasteiger partial charge is 0.477 e. The van der Waals surface area contributed by atoms with Gasteiger partial charge in [-0.25, -0.2) is 4.79 Å². The maximum atomic E-state index is 12.4. The smallest absolute Gasteiger partial charge is 0.341 e. The van der Waals surface area contributed by atoms with Gasteiger partial charge in [-0.3, -0.25) is 14.1 Å². The Kier molecular flexibility index (Phi) is 4.76. The summed E-state index contributed by atoms with van der Waals surface area (Å²) in [5.74, 6) is -1.19. The van der Waals surface area contributed by atoms with Gasteiger partial charge in [0.05, 0.1) is 5.52 Å². The molecule has 0 spiro atoms. The molecule has 0 saturated heterocycles. The summed E-state index contributed by atoms with van der Waals surface area (Å²) in [5.41, 5.74) is 3.65. The Balaban J connectivity index is 1.68. The highest BCUT2D eigenvalue weighted by atomic mass is 32.2. The van der Waals surface area contributed by atoms with Gasteiger partial charge in [0.25, 0.3) is 5.56 Å². The lowest BCUT2D eigenvalue weighted by molar-refractivity contribution is 0.0694. The average molecular weight is 380 g/mol. The van der Waals surface area contributed by atoms with Crippen LogP contribution in [0.15, 0.2) is 58.4 Å². The zero-order valence-electron chi connectivity index (χ0n) is 15.0. The first-order valence-corrected chi connectivity index (χ1v) is 10.0. The molecular weight excluding hydrogens is 360 g/mol. The fraction of sp³-hybridized carbons (Fsp3) is 0.238. The van der Waals surface area contributed by atoms with Gasteiger partial charge in [-0.15, -0.1) is 11.8 Å². The first-order valence-electron chi connectivity index (χ1n) is 8.81. The molecule has 3 heterocycles. The molecule has 0 aliphatic carbocycles. The van der Waals surface area contributed by atoms with Gasteiger partial charge in [-0.1, -0.05) is 12.1 Å². The summed E-state index contributed by atoms with van der Waals surface area (Å²) in [5, 5.41) is 9.41. The highest BCUT2D eigenvalue weighted by molar-refractivity contribution is 7.98. The van der Waals surface area contributed by atoms with Crippen LogP contribution in [0.5, 0.6) is 0 Å². The summed E-state index contributed by atoms with van der Waals surface area (Å²) < 4.78 is 1.43. The Hall–Kier alpha value is -2.57. The predicted octanol–water partition coefficient (Wildman–Crippen LogP) is 3.28. The molecule has 0 saturated carbocycles. The minimum Gasteiger partial charge on any atom is -0.477 e. The summed E-state index contributed by atoms with van der Waals surface area (Å²) in [4.78, 5) is 27.5. The van der Waals surface area contributed by atoms with Crippen molar-refractivity contribution in [3.63, 3.8) is 0 Å². The number of thioether (sulfide) groups is 1. The van der Waals surface area contributed by atoms with Crippen molar-refractivity contribution in [2.75, 3.05) is 12.8 Å². The lowest BCUT2D eigenvalue weighted by atomic mass is 9.99. The maximum absolute atomic E-state index is 12.4. The fourth-order valence-electron chi connectivity index (χ4n) is 3.69. The Labute approximate surface area is 161 Å². The van der Waals surface area contributed by atoms with Gasteiger partial charge in [0.2, 0.25) is 0 Å². The number of aromatic nitrogens is 1. The van der Waals surface area contributed by atoms with Crippen LogP contribution in [-0.4, -0.2) is 33.2 Å². The van der Waals surface area contributed by atoms with Gasteiger partial charge in [-0.05, 0) is 59.7 Å². The SMILES string of the molecule is CSc1ccc2c(c1)CCN(Cc1cc(C(=O)O)c(=O)n3ccccc13)C2. The van der Waals surface area contributed by atoms with Crippen molar-refractivity contribution < 1.29 is 9.90 Å². The molecule has 0 unspecified atom stereocenters. The van der Waals surface area contributed by atoms with E-state index in [0.717, 1.165) is 30.6 Å². The molecule has 3 aromatic rings. The van der Waals surface area contributed by atoms with E-state index >= 15 is 0 Å². The lowest BCUT2D eigenvalue weighted by Gasteiger charge is -2.29. The van der Waals surface area contributed by atoms with Crippen LogP contribution in [0.4, 0.5) is 0 Å². The number of benzene rings is 1. The molecule has 6 heteroatoms. The molecule has 0 atom stereocenters. The minimum atomic E-state index is -1.19. The lowest BCUT2D eigenvalue weighted by Crippen LogP contribution is -2.31. The highest BCUT2D eigenvalue weighted by Gasteiger charge is 2.20. The molecule has 1 aromatic carbocycles. The van der Waals surface area contributed by atoms with E-state index in [2.05, 4.69) is 29.4 Å². The first kappa shape index (κ1) is 17.8. The van der Waals surface area contributed by atoms with E-state index in [1.807, 2.05) is 12.1 Å². The fourth-order valence-corrected chi connectivity index (χ4v) is 4.16. The molecule has 4 rings (SSSR count). The Bertz CT molecular complexity index is 1090. The number of carboxylic acid groups (broad SMARTS) is 1. The van der Waals surface area contributed by atoms with E-state index < -0.39 is 11.5 Å². The number of rotatable bonds is 4. The third kappa shape index (κ3) is 3.38. The number of hydrogen-bond acceptors (Lipinski definition) is 4. The molecular formula is C21H20N2O3S. The van der Waals surface area contributed by atoms with Crippen LogP contribution >= 0.6 is 11.8 Å². The quantitative estimate of drug-likeness (QED) is 0.704. The van der Waals surface area contributed by atoms with E-state index in [0.29, 0.717) is 6.54 Å². The number of nitrogens with zero attached hydrogens (tertiary/aromatic N) is 2. The second-order valence-electron chi connectivity index (χ2n) is 6.74. The molecule has 0 fully saturated rings. The van der Waals surface area contributed by atoms with Crippen LogP contribution in [0.25, 0.3) is 5.52 Å². The number of aromatic carboxylic acids is 1. The minimum absolute atomic E-state index is 0.185. The zero-order valence-corrected chi connectivity index (χ0v) is 15.8. The molecule has 1 aliphatic rings. The Morgan fingerprint density at radius 1 is 1.19 bits per heavy atom. The Morgan fingerprint density at radius 3 is 2.81 bits per heavy atom. The second kappa shape index (κ2) is 7.21. The van der Waals surface area contributed by atoms with Crippen LogP contribution in [-0.2, 0) is 19.5 Å². The standard InChI is InChI=1S/C21H20N2O3S/c1-27-17-6-5-15-12-22(9-7-14(15)10-17)13-16-11-18(21(25)26)20(24)23-8-3-2-4-19(16)23/h2-6,8,10-11H,7,9,12-13H2,1H3,(H,25,26). The summed E-state index contributed by atoms with van der Waals surface area (Å²) in [7, 11) is 0. The molecule has 1 N–H and O–H groups in total. The summed E-state index contributed by atoms with van der Waals surface area (Å²) in [6.45, 7) is 2.34. The number of pyridine rings is 2. The Morgan fingerprint density at radius 2 is 2.04 bits per heavy atom. The van der Waals surface area contributed by atoms with Crippen molar-refractivity contribution in [2.45, 2.75) is 24.4 Å². The van der Waals surface area contributed by atoms with Gasteiger partial charge in [0.15, 0.2) is 0 Å². The molecule has 2 aromatic heterocycles. The predicted molar refractivity (Wildman–Crippen MR) is 107 cm³/mol. The van der Waals surface area contributed by atoms with Gasteiger partial charge < -0.3 is 5.11 Å². The topological polar surface area (TPSA) is 62.0 Å². The van der Waals surface area contributed by atoms with Crippen molar-refractivity contribution in [1.82, 2.24) is 9.30 Å². The summed E-state index contributed by atoms with van der Waals surface area (Å²) >= 11 is 1.75. The van der Waals surface area contributed by atoms with Gasteiger partial charge in [0.1, 0.15) is 5.56 Å². The van der Waals surface area contributed by atoms with E-state index in [4.69, 9.17) is 0 Å². The molecule has 5 nitrogen and oxygen atoms in total. The van der Waals surface area contributed by atoms with Crippen LogP contribution < -0.4 is 5.56 Å². The molecule has 0 amide bonds. The van der Waals surface area contributed by atoms with Crippen molar-refractivity contribution in [3.8, 4) is 0 Å². The van der Waals surface area contributed by atoms with Gasteiger partial charge in [0, 0.05) is 30.7 Å². The molecule has 27 heavy (non-hydrogen) atoms. The zero-order chi connectivity index (χ0) is 19.0. The highest BCUT2D eigenvalue weighted by Crippen LogP contribution is 2.26. The van der Waals surface area contributed by atoms with Crippen molar-refractivity contribution in [2.24, 2.45) is 0 Å². The molecule has 0 radical (unpaired) electrons. The monoisotopic (exact) mass is 380 g/mol. The van der Waals surface area contributed by atoms with Gasteiger partial charge >= 0.3 is 5.97 Å². The third-order valence-electron chi connectivity index (χ3n) is 5.09. The third-order valence-corrected chi connectivity index (χ3v) is 5.81. The van der Waals surface area contributed by atoms with E-state index in [9.17, 15) is 14.7 Å². The molecule has 0 bridgehead atoms. The van der Waals surface area contributed by atoms with Crippen LogP contribution in [0.3, 0.4) is 0 Å².